The van der Waals surface area contributed by atoms with Gasteiger partial charge in [-0.3, -0.25) is 19.4 Å². The molecule has 50 heavy (non-hydrogen) atoms. The van der Waals surface area contributed by atoms with Gasteiger partial charge in [-0.25, -0.2) is 15.4 Å². The fourth-order valence-corrected chi connectivity index (χ4v) is 5.85. The molecule has 0 unspecified atom stereocenters. The Labute approximate surface area is 295 Å². The molecule has 1 aliphatic rings. The Hall–Kier alpha value is -4.45. The van der Waals surface area contributed by atoms with Gasteiger partial charge in [-0.1, -0.05) is 55.0 Å². The number of hydrazine groups is 1. The minimum Gasteiger partial charge on any atom is -0.460 e. The molecule has 0 heterocycles. The van der Waals surface area contributed by atoms with E-state index in [2.05, 4.69) is 10.6 Å². The van der Waals surface area contributed by atoms with Gasteiger partial charge in [-0.2, -0.15) is 0 Å². The van der Waals surface area contributed by atoms with Gasteiger partial charge in [0, 0.05) is 25.8 Å². The second-order valence-electron chi connectivity index (χ2n) is 14.6. The molecule has 3 amide bonds. The van der Waals surface area contributed by atoms with Crippen LogP contribution in [0.3, 0.4) is 0 Å². The topological polar surface area (TPSA) is 166 Å². The number of alkyl carbamates (subject to hydrolysis) is 1. The van der Waals surface area contributed by atoms with Crippen LogP contribution in [0, 0.1) is 0 Å². The number of hydrogen-bond donors (Lipinski definition) is 3. The fraction of sp³-hybridized carbons (Fsp3) is 0.553. The summed E-state index contributed by atoms with van der Waals surface area (Å²) in [5.41, 5.74) is 2.79. The summed E-state index contributed by atoms with van der Waals surface area (Å²) in [6, 6.07) is 13.6. The number of benzene rings is 2. The van der Waals surface area contributed by atoms with E-state index >= 15 is 0 Å². The largest absolute Gasteiger partial charge is 0.460 e. The van der Waals surface area contributed by atoms with Gasteiger partial charge in [0.2, 0.25) is 5.91 Å². The summed E-state index contributed by atoms with van der Waals surface area (Å²) in [7, 11) is 0. The lowest BCUT2D eigenvalue weighted by atomic mass is 9.98. The zero-order valence-corrected chi connectivity index (χ0v) is 30.5. The van der Waals surface area contributed by atoms with Crippen LogP contribution in [-0.2, 0) is 33.4 Å². The van der Waals surface area contributed by atoms with Gasteiger partial charge in [-0.05, 0) is 95.9 Å². The highest BCUT2D eigenvalue weighted by Crippen LogP contribution is 2.44. The van der Waals surface area contributed by atoms with Gasteiger partial charge in [0.1, 0.15) is 29.9 Å². The number of nitrogens with one attached hydrogen (secondary N) is 2. The Balaban J connectivity index is 1.75. The highest BCUT2D eigenvalue weighted by atomic mass is 16.6. The fourth-order valence-electron chi connectivity index (χ4n) is 5.85. The molecule has 0 fully saturated rings. The molecule has 0 aliphatic heterocycles. The molecule has 2 aromatic carbocycles. The summed E-state index contributed by atoms with van der Waals surface area (Å²) >= 11 is 0. The molecular weight excluding hydrogens is 640 g/mol. The van der Waals surface area contributed by atoms with Crippen LogP contribution in [0.15, 0.2) is 48.5 Å². The molecule has 4 N–H and O–H groups in total. The summed E-state index contributed by atoms with van der Waals surface area (Å²) in [6.45, 7) is 12.4. The second-order valence-corrected chi connectivity index (χ2v) is 14.6. The quantitative estimate of drug-likeness (QED) is 0.0513. The Morgan fingerprint density at radius 2 is 1.36 bits per heavy atom. The Kier molecular flexibility index (Phi) is 14.4. The summed E-state index contributed by atoms with van der Waals surface area (Å²) < 4.78 is 16.7. The first kappa shape index (κ1) is 40.0. The number of nitrogens with zero attached hydrogens (tertiary/aromatic N) is 1. The highest BCUT2D eigenvalue weighted by Gasteiger charge is 2.36. The van der Waals surface area contributed by atoms with Crippen molar-refractivity contribution >= 4 is 29.8 Å². The van der Waals surface area contributed by atoms with Gasteiger partial charge < -0.3 is 24.8 Å². The van der Waals surface area contributed by atoms with Crippen molar-refractivity contribution in [2.75, 3.05) is 13.2 Å². The third-order valence-corrected chi connectivity index (χ3v) is 8.02. The third kappa shape index (κ3) is 12.5. The molecule has 3 rings (SSSR count). The van der Waals surface area contributed by atoms with E-state index < -0.39 is 41.3 Å². The monoisotopic (exact) mass is 694 g/mol. The van der Waals surface area contributed by atoms with Gasteiger partial charge in [0.25, 0.3) is 5.91 Å². The average Bonchev–Trinajstić information content (AvgIpc) is 3.34. The van der Waals surface area contributed by atoms with E-state index in [4.69, 9.17) is 20.1 Å². The maximum atomic E-state index is 13.9. The number of carbonyl (C=O) groups excluding carboxylic acids is 5. The highest BCUT2D eigenvalue weighted by molar-refractivity contribution is 5.89. The van der Waals surface area contributed by atoms with Crippen molar-refractivity contribution in [1.82, 2.24) is 15.6 Å². The van der Waals surface area contributed by atoms with E-state index in [0.29, 0.717) is 32.2 Å². The minimum absolute atomic E-state index is 0.0422. The Bertz CT molecular complexity index is 1450. The lowest BCUT2D eigenvalue weighted by molar-refractivity contribution is -0.166. The number of fused-ring (bicyclic) bond motifs is 3. The molecule has 0 aromatic heterocycles. The van der Waals surface area contributed by atoms with Crippen molar-refractivity contribution in [3.63, 3.8) is 0 Å². The maximum Gasteiger partial charge on any atom is 0.407 e. The van der Waals surface area contributed by atoms with Crippen LogP contribution in [0.25, 0.3) is 11.1 Å². The van der Waals surface area contributed by atoms with E-state index in [-0.39, 0.29) is 43.7 Å². The maximum absolute atomic E-state index is 13.9. The van der Waals surface area contributed by atoms with E-state index in [9.17, 15) is 24.0 Å². The van der Waals surface area contributed by atoms with Crippen LogP contribution in [0.2, 0.25) is 0 Å². The first-order valence-electron chi connectivity index (χ1n) is 17.3. The minimum atomic E-state index is -1.15. The Morgan fingerprint density at radius 1 is 0.800 bits per heavy atom. The van der Waals surface area contributed by atoms with Crippen LogP contribution >= 0.6 is 0 Å². The lowest BCUT2D eigenvalue weighted by Crippen LogP contribution is -2.57. The zero-order chi connectivity index (χ0) is 37.1. The van der Waals surface area contributed by atoms with Crippen LogP contribution in [0.1, 0.15) is 110 Å². The normalized spacial score (nSPS) is 13.7. The SMILES string of the molecule is CC(=O)NCCCC[C@@H](C(=O)OC(C)(C)C)N(N)C(=O)[C@H](CCCCC(=O)OC(C)(C)C)NC(=O)OCC1c2ccccc2-c2ccccc21. The van der Waals surface area contributed by atoms with Gasteiger partial charge >= 0.3 is 18.0 Å². The molecule has 0 bridgehead atoms. The number of nitrogens with two attached hydrogens (primary N) is 1. The van der Waals surface area contributed by atoms with Crippen molar-refractivity contribution in [2.24, 2.45) is 5.84 Å². The Morgan fingerprint density at radius 3 is 1.92 bits per heavy atom. The number of unbranched alkanes of at least 4 members (excludes halogenated alkanes) is 2. The third-order valence-electron chi connectivity index (χ3n) is 8.02. The number of rotatable bonds is 16. The summed E-state index contributed by atoms with van der Waals surface area (Å²) in [6.07, 6.45) is 1.41. The smallest absolute Gasteiger partial charge is 0.407 e. The van der Waals surface area contributed by atoms with Crippen LogP contribution in [0.4, 0.5) is 4.79 Å². The number of hydrogen-bond acceptors (Lipinski definition) is 9. The molecule has 12 heteroatoms. The van der Waals surface area contributed by atoms with Crippen LogP contribution in [-0.4, -0.2) is 71.3 Å². The van der Waals surface area contributed by atoms with Crippen molar-refractivity contribution in [2.45, 2.75) is 123 Å². The summed E-state index contributed by atoms with van der Waals surface area (Å²) in [5.74, 6) is 4.27. The molecule has 0 radical (unpaired) electrons. The molecule has 0 saturated heterocycles. The molecule has 274 valence electrons. The van der Waals surface area contributed by atoms with Crippen molar-refractivity contribution in [3.05, 3.63) is 59.7 Å². The average molecular weight is 695 g/mol. The number of esters is 2. The zero-order valence-electron chi connectivity index (χ0n) is 30.5. The molecular formula is C38H54N4O8. The molecule has 2 aromatic rings. The molecule has 0 spiro atoms. The lowest BCUT2D eigenvalue weighted by Gasteiger charge is -2.32. The predicted octanol–water partition coefficient (Wildman–Crippen LogP) is 5.51. The van der Waals surface area contributed by atoms with Gasteiger partial charge in [0.15, 0.2) is 0 Å². The van der Waals surface area contributed by atoms with E-state index in [1.54, 1.807) is 41.5 Å². The molecule has 12 nitrogen and oxygen atoms in total. The number of ether oxygens (including phenoxy) is 3. The van der Waals surface area contributed by atoms with E-state index in [1.807, 2.05) is 48.5 Å². The number of amides is 3. The molecule has 0 saturated carbocycles. The molecule has 2 atom stereocenters. The van der Waals surface area contributed by atoms with Crippen molar-refractivity contribution < 1.29 is 38.2 Å². The van der Waals surface area contributed by atoms with Gasteiger partial charge in [0.05, 0.1) is 0 Å². The van der Waals surface area contributed by atoms with Crippen LogP contribution < -0.4 is 16.5 Å². The van der Waals surface area contributed by atoms with Gasteiger partial charge in [-0.15, -0.1) is 0 Å². The molecule has 1 aliphatic carbocycles. The van der Waals surface area contributed by atoms with Crippen molar-refractivity contribution in [1.29, 1.82) is 0 Å². The van der Waals surface area contributed by atoms with E-state index in [1.165, 1.54) is 6.92 Å². The predicted molar refractivity (Wildman–Crippen MR) is 190 cm³/mol. The second kappa shape index (κ2) is 18.0. The van der Waals surface area contributed by atoms with Crippen LogP contribution in [0.5, 0.6) is 0 Å². The summed E-state index contributed by atoms with van der Waals surface area (Å²) in [5, 5.41) is 6.22. The van der Waals surface area contributed by atoms with E-state index in [0.717, 1.165) is 27.3 Å². The summed E-state index contributed by atoms with van der Waals surface area (Å²) in [4.78, 5) is 64.1. The number of carbonyl (C=O) groups is 5. The first-order valence-corrected chi connectivity index (χ1v) is 17.3. The first-order chi connectivity index (χ1) is 23.5. The standard InChI is InChI=1S/C38H54N4O8/c1-25(43)40-23-15-14-21-32(35(46)50-38(5,6)7)42(39)34(45)31(20-12-13-22-33(44)49-37(2,3)4)41-36(47)48-24-30-28-18-10-8-16-26(28)27-17-9-11-19-29(27)30/h8-11,16-19,30-32H,12-15,20-24,39H2,1-7H3,(H,40,43)(H,41,47)/t31-,32-/m0/s1. The van der Waals surface area contributed by atoms with Crippen molar-refractivity contribution in [3.8, 4) is 11.1 Å².